The van der Waals surface area contributed by atoms with Crippen molar-refractivity contribution >= 4 is 29.0 Å². The van der Waals surface area contributed by atoms with Crippen LogP contribution in [0.1, 0.15) is 5.56 Å². The standard InChI is InChI=1S/C19H23N3O4/c20-18-7-6-17(25)13-14(18)1-8-19(26)21-15-2-4-16(5-3-15)22(9-11-23)10-12-24/h1-8,13,23-25H,9-12,20H2,(H,21,26). The van der Waals surface area contributed by atoms with Crippen molar-refractivity contribution in [1.29, 1.82) is 0 Å². The number of carbonyl (C=O) groups is 1. The van der Waals surface area contributed by atoms with Crippen LogP contribution >= 0.6 is 0 Å². The molecule has 0 radical (unpaired) electrons. The van der Waals surface area contributed by atoms with E-state index in [4.69, 9.17) is 15.9 Å². The lowest BCUT2D eigenvalue weighted by atomic mass is 10.1. The van der Waals surface area contributed by atoms with Crippen LogP contribution in [0.15, 0.2) is 48.5 Å². The van der Waals surface area contributed by atoms with Crippen LogP contribution in [0.2, 0.25) is 0 Å². The number of anilines is 3. The topological polar surface area (TPSA) is 119 Å². The number of hydrogen-bond acceptors (Lipinski definition) is 6. The van der Waals surface area contributed by atoms with E-state index in [-0.39, 0.29) is 24.9 Å². The van der Waals surface area contributed by atoms with Gasteiger partial charge in [-0.1, -0.05) is 0 Å². The summed E-state index contributed by atoms with van der Waals surface area (Å²) in [6.45, 7) is 0.809. The van der Waals surface area contributed by atoms with Gasteiger partial charge in [-0.3, -0.25) is 4.79 Å². The first-order valence-corrected chi connectivity index (χ1v) is 8.18. The third-order valence-electron chi connectivity index (χ3n) is 3.72. The second-order valence-electron chi connectivity index (χ2n) is 5.62. The highest BCUT2D eigenvalue weighted by molar-refractivity contribution is 6.02. The zero-order chi connectivity index (χ0) is 18.9. The van der Waals surface area contributed by atoms with Crippen LogP contribution in [0.4, 0.5) is 17.1 Å². The maximum Gasteiger partial charge on any atom is 0.248 e. The molecule has 2 aromatic carbocycles. The first-order valence-electron chi connectivity index (χ1n) is 8.18. The fourth-order valence-corrected chi connectivity index (χ4v) is 2.42. The molecule has 1 amide bonds. The van der Waals surface area contributed by atoms with E-state index >= 15 is 0 Å². The van der Waals surface area contributed by atoms with Crippen molar-refractivity contribution in [2.45, 2.75) is 0 Å². The van der Waals surface area contributed by atoms with Crippen LogP contribution < -0.4 is 16.0 Å². The summed E-state index contributed by atoms with van der Waals surface area (Å²) in [4.78, 5) is 13.9. The van der Waals surface area contributed by atoms with Crippen LogP contribution in [0, 0.1) is 0 Å². The van der Waals surface area contributed by atoms with E-state index in [1.807, 2.05) is 4.90 Å². The van der Waals surface area contributed by atoms with Crippen LogP contribution in [0.25, 0.3) is 6.08 Å². The lowest BCUT2D eigenvalue weighted by Crippen LogP contribution is -2.29. The van der Waals surface area contributed by atoms with Gasteiger partial charge >= 0.3 is 0 Å². The molecule has 0 saturated heterocycles. The van der Waals surface area contributed by atoms with Crippen LogP contribution in [0.3, 0.4) is 0 Å². The van der Waals surface area contributed by atoms with E-state index in [1.165, 1.54) is 24.3 Å². The highest BCUT2D eigenvalue weighted by Gasteiger charge is 2.06. The van der Waals surface area contributed by atoms with Gasteiger partial charge in [0.2, 0.25) is 5.91 Å². The Bertz CT molecular complexity index is 754. The van der Waals surface area contributed by atoms with Gasteiger partial charge in [0.05, 0.1) is 13.2 Å². The van der Waals surface area contributed by atoms with Gasteiger partial charge in [0, 0.05) is 41.8 Å². The Morgan fingerprint density at radius 2 is 1.73 bits per heavy atom. The molecule has 0 aliphatic heterocycles. The smallest absolute Gasteiger partial charge is 0.248 e. The van der Waals surface area contributed by atoms with Crippen LogP contribution in [0.5, 0.6) is 5.75 Å². The Labute approximate surface area is 152 Å². The lowest BCUT2D eigenvalue weighted by Gasteiger charge is -2.23. The first-order chi connectivity index (χ1) is 12.5. The van der Waals surface area contributed by atoms with Gasteiger partial charge in [-0.25, -0.2) is 0 Å². The van der Waals surface area contributed by atoms with Crippen molar-refractivity contribution in [2.75, 3.05) is 42.3 Å². The van der Waals surface area contributed by atoms with E-state index in [9.17, 15) is 9.90 Å². The Morgan fingerprint density at radius 1 is 1.08 bits per heavy atom. The molecule has 0 unspecified atom stereocenters. The number of phenols is 1. The van der Waals surface area contributed by atoms with Gasteiger partial charge in [-0.15, -0.1) is 0 Å². The van der Waals surface area contributed by atoms with Crippen molar-refractivity contribution in [1.82, 2.24) is 0 Å². The minimum absolute atomic E-state index is 0.0124. The maximum absolute atomic E-state index is 12.0. The molecule has 7 heteroatoms. The Balaban J connectivity index is 2.00. The molecule has 0 saturated carbocycles. The van der Waals surface area contributed by atoms with Gasteiger partial charge in [0.1, 0.15) is 5.75 Å². The third kappa shape index (κ3) is 5.51. The first kappa shape index (κ1) is 19.3. The van der Waals surface area contributed by atoms with Gasteiger partial charge in [0.25, 0.3) is 0 Å². The number of aliphatic hydroxyl groups is 2. The highest BCUT2D eigenvalue weighted by Crippen LogP contribution is 2.20. The predicted molar refractivity (Wildman–Crippen MR) is 103 cm³/mol. The van der Waals surface area contributed by atoms with E-state index in [1.54, 1.807) is 30.3 Å². The van der Waals surface area contributed by atoms with E-state index in [0.717, 1.165) is 5.69 Å². The summed E-state index contributed by atoms with van der Waals surface area (Å²) in [7, 11) is 0. The summed E-state index contributed by atoms with van der Waals surface area (Å²) in [6, 6.07) is 11.6. The molecule has 0 fully saturated rings. The van der Waals surface area contributed by atoms with Crippen molar-refractivity contribution in [2.24, 2.45) is 0 Å². The number of nitrogens with one attached hydrogen (secondary N) is 1. The number of nitrogens with two attached hydrogens (primary N) is 1. The number of benzene rings is 2. The Morgan fingerprint density at radius 3 is 2.35 bits per heavy atom. The molecule has 0 atom stereocenters. The number of phenolic OH excluding ortho intramolecular Hbond substituents is 1. The minimum Gasteiger partial charge on any atom is -0.508 e. The lowest BCUT2D eigenvalue weighted by molar-refractivity contribution is -0.111. The molecule has 7 nitrogen and oxygen atoms in total. The van der Waals surface area contributed by atoms with Crippen molar-refractivity contribution in [3.63, 3.8) is 0 Å². The number of rotatable bonds is 8. The third-order valence-corrected chi connectivity index (χ3v) is 3.72. The predicted octanol–water partition coefficient (Wildman–Crippen LogP) is 1.42. The number of aliphatic hydroxyl groups excluding tert-OH is 2. The van der Waals surface area contributed by atoms with Gasteiger partial charge in [0.15, 0.2) is 0 Å². The quantitative estimate of drug-likeness (QED) is 0.277. The molecule has 138 valence electrons. The van der Waals surface area contributed by atoms with Gasteiger partial charge < -0.3 is 31.3 Å². The number of aromatic hydroxyl groups is 1. The number of nitrogen functional groups attached to an aromatic ring is 1. The molecule has 2 aromatic rings. The second kappa shape index (κ2) is 9.45. The minimum atomic E-state index is -0.330. The highest BCUT2D eigenvalue weighted by atomic mass is 16.3. The SMILES string of the molecule is Nc1ccc(O)cc1C=CC(=O)Nc1ccc(N(CCO)CCO)cc1. The molecule has 0 aliphatic rings. The van der Waals surface area contributed by atoms with Crippen molar-refractivity contribution in [3.05, 3.63) is 54.1 Å². The average Bonchev–Trinajstić information content (AvgIpc) is 2.63. The monoisotopic (exact) mass is 357 g/mol. The number of amides is 1. The molecule has 0 bridgehead atoms. The zero-order valence-corrected chi connectivity index (χ0v) is 14.3. The Kier molecular flexibility index (Phi) is 7.02. The van der Waals surface area contributed by atoms with Crippen LogP contribution in [-0.4, -0.2) is 47.5 Å². The molecular weight excluding hydrogens is 334 g/mol. The summed E-state index contributed by atoms with van der Waals surface area (Å²) in [6.07, 6.45) is 2.87. The molecule has 0 aliphatic carbocycles. The summed E-state index contributed by atoms with van der Waals surface area (Å²) in [5, 5.41) is 30.3. The maximum atomic E-state index is 12.0. The van der Waals surface area contributed by atoms with Crippen molar-refractivity contribution in [3.8, 4) is 5.75 Å². The summed E-state index contributed by atoms with van der Waals surface area (Å²) >= 11 is 0. The molecule has 26 heavy (non-hydrogen) atoms. The molecular formula is C19H23N3O4. The number of carbonyl (C=O) groups excluding carboxylic acids is 1. The average molecular weight is 357 g/mol. The van der Waals surface area contributed by atoms with Gasteiger partial charge in [-0.05, 0) is 48.5 Å². The summed E-state index contributed by atoms with van der Waals surface area (Å²) in [5.41, 5.74) is 8.26. The number of nitrogens with zero attached hydrogens (tertiary/aromatic N) is 1. The molecule has 0 spiro atoms. The molecule has 6 N–H and O–H groups in total. The normalized spacial score (nSPS) is 10.8. The van der Waals surface area contributed by atoms with E-state index in [0.29, 0.717) is 30.0 Å². The van der Waals surface area contributed by atoms with Crippen molar-refractivity contribution < 1.29 is 20.1 Å². The fraction of sp³-hybridized carbons (Fsp3) is 0.211. The van der Waals surface area contributed by atoms with E-state index in [2.05, 4.69) is 5.32 Å². The van der Waals surface area contributed by atoms with E-state index < -0.39 is 0 Å². The second-order valence-corrected chi connectivity index (χ2v) is 5.62. The zero-order valence-electron chi connectivity index (χ0n) is 14.3. The largest absolute Gasteiger partial charge is 0.508 e. The molecule has 0 heterocycles. The van der Waals surface area contributed by atoms with Gasteiger partial charge in [-0.2, -0.15) is 0 Å². The summed E-state index contributed by atoms with van der Waals surface area (Å²) in [5.74, 6) is -0.256. The molecule has 0 aromatic heterocycles. The number of hydrogen-bond donors (Lipinski definition) is 5. The molecule has 2 rings (SSSR count). The summed E-state index contributed by atoms with van der Waals surface area (Å²) < 4.78 is 0. The fourth-order valence-electron chi connectivity index (χ4n) is 2.42. The van der Waals surface area contributed by atoms with Crippen LogP contribution in [-0.2, 0) is 4.79 Å². The Hall–Kier alpha value is -3.03.